The third-order valence-corrected chi connectivity index (χ3v) is 3.08. The van der Waals surface area contributed by atoms with Gasteiger partial charge in [-0.05, 0) is 38.4 Å². The van der Waals surface area contributed by atoms with Gasteiger partial charge in [-0.1, -0.05) is 24.6 Å². The number of rotatable bonds is 4. The summed E-state index contributed by atoms with van der Waals surface area (Å²) in [6.07, 6.45) is 0. The molecule has 0 radical (unpaired) electrons. The fraction of sp³-hybridized carbons (Fsp3) is 0.538. The Hall–Kier alpha value is -1.02. The molecule has 0 fully saturated rings. The minimum absolute atomic E-state index is 0.445. The Morgan fingerprint density at radius 2 is 1.93 bits per heavy atom. The average molecular weight is 207 g/mol. The Balaban J connectivity index is 3.05. The molecule has 0 saturated heterocycles. The van der Waals surface area contributed by atoms with E-state index in [9.17, 15) is 0 Å². The maximum atomic E-state index is 5.39. The minimum Gasteiger partial charge on any atom is -0.496 e. The summed E-state index contributed by atoms with van der Waals surface area (Å²) in [6, 6.07) is 6.78. The van der Waals surface area contributed by atoms with Crippen molar-refractivity contribution in [2.75, 3.05) is 14.2 Å². The van der Waals surface area contributed by atoms with Crippen LogP contribution in [0.4, 0.5) is 0 Å². The molecule has 2 unspecified atom stereocenters. The summed E-state index contributed by atoms with van der Waals surface area (Å²) in [5.41, 5.74) is 2.56. The summed E-state index contributed by atoms with van der Waals surface area (Å²) in [6.45, 7) is 6.52. The van der Waals surface area contributed by atoms with Crippen molar-refractivity contribution < 1.29 is 4.74 Å². The van der Waals surface area contributed by atoms with Crippen LogP contribution in [0.15, 0.2) is 18.2 Å². The molecule has 0 amide bonds. The molecule has 1 aromatic rings. The van der Waals surface area contributed by atoms with Crippen molar-refractivity contribution >= 4 is 0 Å². The first-order valence-corrected chi connectivity index (χ1v) is 5.42. The smallest absolute Gasteiger partial charge is 0.122 e. The van der Waals surface area contributed by atoms with E-state index in [0.29, 0.717) is 12.0 Å². The first kappa shape index (κ1) is 12.1. The van der Waals surface area contributed by atoms with Crippen LogP contribution in [-0.4, -0.2) is 20.2 Å². The topological polar surface area (TPSA) is 21.3 Å². The van der Waals surface area contributed by atoms with Gasteiger partial charge in [0, 0.05) is 6.04 Å². The van der Waals surface area contributed by atoms with E-state index in [1.807, 2.05) is 13.1 Å². The van der Waals surface area contributed by atoms with Gasteiger partial charge in [-0.3, -0.25) is 0 Å². The van der Waals surface area contributed by atoms with Crippen LogP contribution in [0, 0.1) is 6.92 Å². The molecule has 0 aromatic heterocycles. The highest BCUT2D eigenvalue weighted by molar-refractivity contribution is 5.39. The van der Waals surface area contributed by atoms with Crippen LogP contribution in [0.3, 0.4) is 0 Å². The fourth-order valence-electron chi connectivity index (χ4n) is 1.73. The number of nitrogens with one attached hydrogen (secondary N) is 1. The highest BCUT2D eigenvalue weighted by Crippen LogP contribution is 2.29. The second-order valence-electron chi connectivity index (χ2n) is 4.11. The molecular formula is C13H21NO. The van der Waals surface area contributed by atoms with Crippen molar-refractivity contribution in [2.24, 2.45) is 0 Å². The predicted molar refractivity (Wildman–Crippen MR) is 64.7 cm³/mol. The Morgan fingerprint density at radius 3 is 2.47 bits per heavy atom. The average Bonchev–Trinajstić information content (AvgIpc) is 2.27. The number of hydrogen-bond donors (Lipinski definition) is 1. The van der Waals surface area contributed by atoms with E-state index in [1.165, 1.54) is 11.1 Å². The van der Waals surface area contributed by atoms with Gasteiger partial charge in [-0.2, -0.15) is 0 Å². The molecular weight excluding hydrogens is 186 g/mol. The standard InChI is InChI=1S/C13H21NO/c1-9-6-7-13(15-5)12(8-9)10(2)11(3)14-4/h6-8,10-11,14H,1-5H3. The van der Waals surface area contributed by atoms with Crippen LogP contribution in [-0.2, 0) is 0 Å². The zero-order valence-electron chi connectivity index (χ0n) is 10.3. The van der Waals surface area contributed by atoms with Gasteiger partial charge < -0.3 is 10.1 Å². The van der Waals surface area contributed by atoms with Gasteiger partial charge in [0.2, 0.25) is 0 Å². The second kappa shape index (κ2) is 5.17. The lowest BCUT2D eigenvalue weighted by Crippen LogP contribution is -2.27. The normalized spacial score (nSPS) is 14.7. The summed E-state index contributed by atoms with van der Waals surface area (Å²) < 4.78 is 5.39. The monoisotopic (exact) mass is 207 g/mol. The molecule has 2 atom stereocenters. The number of likely N-dealkylation sites (N-methyl/N-ethyl adjacent to an activating group) is 1. The number of aryl methyl sites for hydroxylation is 1. The van der Waals surface area contributed by atoms with Crippen LogP contribution >= 0.6 is 0 Å². The molecule has 0 saturated carbocycles. The molecule has 1 aromatic carbocycles. The summed E-state index contributed by atoms with van der Waals surface area (Å²) in [5, 5.41) is 3.28. The van der Waals surface area contributed by atoms with E-state index in [0.717, 1.165) is 5.75 Å². The van der Waals surface area contributed by atoms with E-state index in [1.54, 1.807) is 7.11 Å². The van der Waals surface area contributed by atoms with Crippen LogP contribution in [0.1, 0.15) is 30.9 Å². The molecule has 0 aliphatic rings. The SMILES string of the molecule is CNC(C)C(C)c1cc(C)ccc1OC. The molecule has 0 aliphatic heterocycles. The van der Waals surface area contributed by atoms with Gasteiger partial charge in [0.05, 0.1) is 7.11 Å². The second-order valence-corrected chi connectivity index (χ2v) is 4.11. The first-order chi connectivity index (χ1) is 7.10. The molecule has 0 spiro atoms. The Labute approximate surface area is 92.6 Å². The maximum Gasteiger partial charge on any atom is 0.122 e. The molecule has 15 heavy (non-hydrogen) atoms. The number of methoxy groups -OCH3 is 1. The highest BCUT2D eigenvalue weighted by atomic mass is 16.5. The summed E-state index contributed by atoms with van der Waals surface area (Å²) >= 11 is 0. The summed E-state index contributed by atoms with van der Waals surface area (Å²) in [5.74, 6) is 1.43. The first-order valence-electron chi connectivity index (χ1n) is 5.42. The van der Waals surface area contributed by atoms with Crippen LogP contribution in [0.5, 0.6) is 5.75 Å². The third-order valence-electron chi connectivity index (χ3n) is 3.08. The minimum atomic E-state index is 0.445. The van der Waals surface area contributed by atoms with Crippen LogP contribution in [0.25, 0.3) is 0 Å². The lowest BCUT2D eigenvalue weighted by atomic mass is 9.92. The van der Waals surface area contributed by atoms with Crippen molar-refractivity contribution in [2.45, 2.75) is 32.7 Å². The number of hydrogen-bond acceptors (Lipinski definition) is 2. The van der Waals surface area contributed by atoms with Crippen molar-refractivity contribution in [3.05, 3.63) is 29.3 Å². The van der Waals surface area contributed by atoms with Crippen molar-refractivity contribution in [1.82, 2.24) is 5.32 Å². The van der Waals surface area contributed by atoms with E-state index >= 15 is 0 Å². The van der Waals surface area contributed by atoms with E-state index < -0.39 is 0 Å². The van der Waals surface area contributed by atoms with Gasteiger partial charge in [-0.25, -0.2) is 0 Å². The highest BCUT2D eigenvalue weighted by Gasteiger charge is 2.16. The number of ether oxygens (including phenoxy) is 1. The van der Waals surface area contributed by atoms with Gasteiger partial charge >= 0.3 is 0 Å². The summed E-state index contributed by atoms with van der Waals surface area (Å²) in [7, 11) is 3.72. The summed E-state index contributed by atoms with van der Waals surface area (Å²) in [4.78, 5) is 0. The Bertz CT molecular complexity index is 322. The van der Waals surface area contributed by atoms with Gasteiger partial charge in [-0.15, -0.1) is 0 Å². The van der Waals surface area contributed by atoms with Crippen LogP contribution in [0.2, 0.25) is 0 Å². The zero-order chi connectivity index (χ0) is 11.4. The maximum absolute atomic E-state index is 5.39. The largest absolute Gasteiger partial charge is 0.496 e. The van der Waals surface area contributed by atoms with E-state index in [-0.39, 0.29) is 0 Å². The molecule has 2 heteroatoms. The predicted octanol–water partition coefficient (Wildman–Crippen LogP) is 2.72. The Kier molecular flexibility index (Phi) is 4.15. The van der Waals surface area contributed by atoms with Gasteiger partial charge in [0.15, 0.2) is 0 Å². The molecule has 0 heterocycles. The van der Waals surface area contributed by atoms with Gasteiger partial charge in [0.25, 0.3) is 0 Å². The van der Waals surface area contributed by atoms with Crippen molar-refractivity contribution in [3.63, 3.8) is 0 Å². The van der Waals surface area contributed by atoms with E-state index in [4.69, 9.17) is 4.74 Å². The number of benzene rings is 1. The van der Waals surface area contributed by atoms with E-state index in [2.05, 4.69) is 38.2 Å². The molecule has 1 rings (SSSR count). The van der Waals surface area contributed by atoms with Crippen LogP contribution < -0.4 is 10.1 Å². The third kappa shape index (κ3) is 2.72. The Morgan fingerprint density at radius 1 is 1.27 bits per heavy atom. The lowest BCUT2D eigenvalue weighted by molar-refractivity contribution is 0.399. The molecule has 84 valence electrons. The lowest BCUT2D eigenvalue weighted by Gasteiger charge is -2.22. The van der Waals surface area contributed by atoms with Gasteiger partial charge in [0.1, 0.15) is 5.75 Å². The fourth-order valence-corrected chi connectivity index (χ4v) is 1.73. The van der Waals surface area contributed by atoms with Crippen molar-refractivity contribution in [3.8, 4) is 5.75 Å². The molecule has 2 nitrogen and oxygen atoms in total. The zero-order valence-corrected chi connectivity index (χ0v) is 10.3. The molecule has 0 bridgehead atoms. The quantitative estimate of drug-likeness (QED) is 0.819. The van der Waals surface area contributed by atoms with Crippen molar-refractivity contribution in [1.29, 1.82) is 0 Å². The molecule has 1 N–H and O–H groups in total. The molecule has 0 aliphatic carbocycles.